The van der Waals surface area contributed by atoms with E-state index in [1.165, 1.54) is 4.90 Å². The molecule has 2 rings (SSSR count). The second-order valence-corrected chi connectivity index (χ2v) is 7.63. The quantitative estimate of drug-likeness (QED) is 0.873. The predicted octanol–water partition coefficient (Wildman–Crippen LogP) is 2.96. The highest BCUT2D eigenvalue weighted by atomic mass is 32.2. The highest BCUT2D eigenvalue weighted by Crippen LogP contribution is 2.38. The van der Waals surface area contributed by atoms with E-state index in [0.29, 0.717) is 25.9 Å². The number of carbonyl (C=O) groups excluding carboxylic acids is 1. The van der Waals surface area contributed by atoms with E-state index >= 15 is 0 Å². The molecule has 116 valence electrons. The maximum atomic E-state index is 12.5. The van der Waals surface area contributed by atoms with E-state index in [4.69, 9.17) is 0 Å². The number of likely N-dealkylation sites (tertiary alicyclic amines) is 1. The van der Waals surface area contributed by atoms with Gasteiger partial charge in [0.1, 0.15) is 0 Å². The van der Waals surface area contributed by atoms with Crippen LogP contribution in [-0.2, 0) is 11.2 Å². The fraction of sp³-hybridized carbons (Fsp3) is 0.588. The van der Waals surface area contributed by atoms with Crippen LogP contribution < -0.4 is 0 Å². The van der Waals surface area contributed by atoms with Crippen molar-refractivity contribution in [1.29, 1.82) is 0 Å². The summed E-state index contributed by atoms with van der Waals surface area (Å²) < 4.78 is 0. The van der Waals surface area contributed by atoms with Crippen LogP contribution >= 0.6 is 11.8 Å². The topological polar surface area (TPSA) is 40.5 Å². The van der Waals surface area contributed by atoms with Crippen LogP contribution in [-0.4, -0.2) is 40.9 Å². The van der Waals surface area contributed by atoms with Crippen LogP contribution in [0.1, 0.15) is 32.8 Å². The van der Waals surface area contributed by atoms with Crippen LogP contribution in [0.4, 0.5) is 0 Å². The van der Waals surface area contributed by atoms with Crippen molar-refractivity contribution in [2.75, 3.05) is 19.3 Å². The number of thioether (sulfide) groups is 1. The molecule has 21 heavy (non-hydrogen) atoms. The van der Waals surface area contributed by atoms with Crippen LogP contribution in [0.5, 0.6) is 0 Å². The Hall–Kier alpha value is -1.00. The molecule has 0 spiro atoms. The van der Waals surface area contributed by atoms with Crippen molar-refractivity contribution < 1.29 is 9.90 Å². The number of piperidine rings is 1. The minimum absolute atomic E-state index is 0.149. The molecule has 1 aliphatic rings. The van der Waals surface area contributed by atoms with Crippen LogP contribution in [0.2, 0.25) is 0 Å². The van der Waals surface area contributed by atoms with Gasteiger partial charge in [-0.05, 0) is 37.3 Å². The predicted molar refractivity (Wildman–Crippen MR) is 87.5 cm³/mol. The molecule has 0 saturated carbocycles. The van der Waals surface area contributed by atoms with Crippen molar-refractivity contribution in [2.24, 2.45) is 5.41 Å². The zero-order chi connectivity index (χ0) is 15.7. The van der Waals surface area contributed by atoms with Crippen molar-refractivity contribution in [2.45, 2.75) is 44.1 Å². The van der Waals surface area contributed by atoms with E-state index in [9.17, 15) is 9.90 Å². The summed E-state index contributed by atoms with van der Waals surface area (Å²) in [5.41, 5.74) is 0.0702. The lowest BCUT2D eigenvalue weighted by Gasteiger charge is -2.48. The second kappa shape index (κ2) is 6.01. The van der Waals surface area contributed by atoms with Gasteiger partial charge in [0.25, 0.3) is 0 Å². The van der Waals surface area contributed by atoms with Gasteiger partial charge in [-0.15, -0.1) is 11.8 Å². The van der Waals surface area contributed by atoms with Gasteiger partial charge < -0.3 is 10.0 Å². The lowest BCUT2D eigenvalue weighted by molar-refractivity contribution is -0.146. The largest absolute Gasteiger partial charge is 0.389 e. The molecule has 0 unspecified atom stereocenters. The summed E-state index contributed by atoms with van der Waals surface area (Å²) in [7, 11) is 0. The molecule has 1 aromatic carbocycles. The van der Waals surface area contributed by atoms with Crippen molar-refractivity contribution in [3.8, 4) is 0 Å². The minimum Gasteiger partial charge on any atom is -0.389 e. The number of hydrogen-bond donors (Lipinski definition) is 1. The average Bonchev–Trinajstić information content (AvgIpc) is 2.42. The first-order valence-corrected chi connectivity index (χ1v) is 8.61. The number of amides is 1. The third-order valence-electron chi connectivity index (χ3n) is 4.78. The molecule has 1 heterocycles. The fourth-order valence-corrected chi connectivity index (χ4v) is 3.07. The van der Waals surface area contributed by atoms with E-state index < -0.39 is 5.60 Å². The summed E-state index contributed by atoms with van der Waals surface area (Å²) in [5.74, 6) is 0.149. The molecule has 0 aliphatic carbocycles. The average molecular weight is 307 g/mol. The number of benzene rings is 1. The van der Waals surface area contributed by atoms with Crippen LogP contribution in [0.3, 0.4) is 0 Å². The van der Waals surface area contributed by atoms with Crippen molar-refractivity contribution >= 4 is 17.7 Å². The van der Waals surface area contributed by atoms with E-state index in [0.717, 1.165) is 5.56 Å². The van der Waals surface area contributed by atoms with Crippen molar-refractivity contribution in [1.82, 2.24) is 4.90 Å². The standard InChI is InChI=1S/C17H25NO2S/c1-16(2)12-18(10-9-17(16,3)20)15(19)11-13-5-7-14(21-4)8-6-13/h5-8,20H,9-12H2,1-4H3/t17-/m0/s1. The third-order valence-corrected chi connectivity index (χ3v) is 5.52. The first kappa shape index (κ1) is 16.4. The molecule has 1 atom stereocenters. The third kappa shape index (κ3) is 3.61. The Morgan fingerprint density at radius 2 is 1.90 bits per heavy atom. The number of carbonyl (C=O) groups is 1. The lowest BCUT2D eigenvalue weighted by Crippen LogP contribution is -2.57. The number of nitrogens with zero attached hydrogens (tertiary/aromatic N) is 1. The normalized spacial score (nSPS) is 24.9. The maximum Gasteiger partial charge on any atom is 0.227 e. The first-order valence-electron chi connectivity index (χ1n) is 7.38. The van der Waals surface area contributed by atoms with E-state index in [1.807, 2.05) is 44.1 Å². The van der Waals surface area contributed by atoms with Gasteiger partial charge in [0.15, 0.2) is 0 Å². The van der Waals surface area contributed by atoms with Crippen molar-refractivity contribution in [3.63, 3.8) is 0 Å². The summed E-state index contributed by atoms with van der Waals surface area (Å²) >= 11 is 1.70. The molecule has 1 aromatic rings. The number of hydrogen-bond acceptors (Lipinski definition) is 3. The summed E-state index contributed by atoms with van der Waals surface area (Å²) in [6.07, 6.45) is 3.12. The Morgan fingerprint density at radius 1 is 1.29 bits per heavy atom. The van der Waals surface area contributed by atoms with Gasteiger partial charge in [-0.1, -0.05) is 26.0 Å². The summed E-state index contributed by atoms with van der Waals surface area (Å²) in [4.78, 5) is 15.6. The van der Waals surface area contributed by atoms with Crippen LogP contribution in [0.15, 0.2) is 29.2 Å². The Balaban J connectivity index is 2.00. The van der Waals surface area contributed by atoms with Gasteiger partial charge >= 0.3 is 0 Å². The molecule has 3 nitrogen and oxygen atoms in total. The summed E-state index contributed by atoms with van der Waals surface area (Å²) in [6, 6.07) is 8.15. The van der Waals surface area contributed by atoms with E-state index in [2.05, 4.69) is 12.1 Å². The minimum atomic E-state index is -0.705. The first-order chi connectivity index (χ1) is 9.75. The van der Waals surface area contributed by atoms with Crippen LogP contribution in [0.25, 0.3) is 0 Å². The molecule has 1 fully saturated rings. The Bertz CT molecular complexity index is 508. The highest BCUT2D eigenvalue weighted by molar-refractivity contribution is 7.98. The molecular formula is C17H25NO2S. The van der Waals surface area contributed by atoms with E-state index in [1.54, 1.807) is 11.8 Å². The molecular weight excluding hydrogens is 282 g/mol. The molecule has 1 saturated heterocycles. The molecule has 1 aliphatic heterocycles. The molecule has 0 aromatic heterocycles. The fourth-order valence-electron chi connectivity index (χ4n) is 2.66. The van der Waals surface area contributed by atoms with E-state index in [-0.39, 0.29) is 11.3 Å². The van der Waals surface area contributed by atoms with Gasteiger partial charge in [0.05, 0.1) is 12.0 Å². The van der Waals surface area contributed by atoms with Gasteiger partial charge in [-0.25, -0.2) is 0 Å². The number of rotatable bonds is 3. The number of aliphatic hydroxyl groups is 1. The van der Waals surface area contributed by atoms with Crippen molar-refractivity contribution in [3.05, 3.63) is 29.8 Å². The van der Waals surface area contributed by atoms with Gasteiger partial charge in [-0.2, -0.15) is 0 Å². The van der Waals surface area contributed by atoms with Gasteiger partial charge in [-0.3, -0.25) is 4.79 Å². The monoisotopic (exact) mass is 307 g/mol. The van der Waals surface area contributed by atoms with Gasteiger partial charge in [0.2, 0.25) is 5.91 Å². The Morgan fingerprint density at radius 3 is 2.43 bits per heavy atom. The zero-order valence-corrected chi connectivity index (χ0v) is 14.2. The van der Waals surface area contributed by atoms with Gasteiger partial charge in [0, 0.05) is 23.4 Å². The Kier molecular flexibility index (Phi) is 4.69. The molecule has 0 bridgehead atoms. The maximum absolute atomic E-state index is 12.5. The highest BCUT2D eigenvalue weighted by Gasteiger charge is 2.44. The SMILES string of the molecule is CSc1ccc(CC(=O)N2CC[C@](C)(O)C(C)(C)C2)cc1. The lowest BCUT2D eigenvalue weighted by atomic mass is 9.71. The molecule has 0 radical (unpaired) electrons. The Labute approximate surface area is 131 Å². The zero-order valence-electron chi connectivity index (χ0n) is 13.3. The summed E-state index contributed by atoms with van der Waals surface area (Å²) in [5, 5.41) is 10.4. The molecule has 1 N–H and O–H groups in total. The smallest absolute Gasteiger partial charge is 0.227 e. The second-order valence-electron chi connectivity index (χ2n) is 6.75. The summed E-state index contributed by atoms with van der Waals surface area (Å²) in [6.45, 7) is 7.18. The van der Waals surface area contributed by atoms with Crippen LogP contribution in [0, 0.1) is 5.41 Å². The molecule has 4 heteroatoms. The molecule has 1 amide bonds.